The summed E-state index contributed by atoms with van der Waals surface area (Å²) in [6.07, 6.45) is 8.21. The van der Waals surface area contributed by atoms with Gasteiger partial charge >= 0.3 is 0 Å². The fraction of sp³-hybridized carbons (Fsp3) is 0.0208. The zero-order valence-electron chi connectivity index (χ0n) is 28.4. The van der Waals surface area contributed by atoms with E-state index < -0.39 is 0 Å². The van der Waals surface area contributed by atoms with Crippen molar-refractivity contribution in [2.75, 3.05) is 0 Å². The van der Waals surface area contributed by atoms with Gasteiger partial charge in [0, 0.05) is 39.3 Å². The molecule has 0 aliphatic rings. The molecule has 3 nitrogen and oxygen atoms in total. The van der Waals surface area contributed by atoms with Gasteiger partial charge in [0.05, 0.1) is 16.7 Å². The number of nitrogens with zero attached hydrogens (tertiary/aromatic N) is 3. The van der Waals surface area contributed by atoms with E-state index in [2.05, 4.69) is 186 Å². The van der Waals surface area contributed by atoms with Gasteiger partial charge in [-0.05, 0) is 94.9 Å². The van der Waals surface area contributed by atoms with E-state index in [-0.39, 0.29) is 0 Å². The van der Waals surface area contributed by atoms with Crippen molar-refractivity contribution in [1.82, 2.24) is 14.1 Å². The van der Waals surface area contributed by atoms with Crippen LogP contribution in [0.25, 0.3) is 89.7 Å². The standard InChI is InChI=1S/C48H35N3/c1-3-15-43-44(4-2)50(38-22-11-20-35(30-38)33-16-7-5-8-17-33)45-26-13-24-40(47(43)45)37-27-28-41-42-25-14-29-49-48(42)51(46(41)32-37)39-23-12-21-36(31-39)34-18-9-6-10-19-34/h3-32H,2H2,1H3/b15-3-. The molecule has 0 radical (unpaired) electrons. The summed E-state index contributed by atoms with van der Waals surface area (Å²) in [7, 11) is 0. The third kappa shape index (κ3) is 5.10. The maximum absolute atomic E-state index is 4.92. The molecular weight excluding hydrogens is 619 g/mol. The van der Waals surface area contributed by atoms with Crippen LogP contribution in [0, 0.1) is 0 Å². The highest BCUT2D eigenvalue weighted by atomic mass is 15.0. The maximum Gasteiger partial charge on any atom is 0.145 e. The summed E-state index contributed by atoms with van der Waals surface area (Å²) in [6, 6.07) is 56.3. The predicted octanol–water partition coefficient (Wildman–Crippen LogP) is 12.8. The van der Waals surface area contributed by atoms with Gasteiger partial charge in [-0.2, -0.15) is 0 Å². The SMILES string of the molecule is C=Cc1c(/C=C\C)c2c(-c3ccc4c5cccnc5n(-c5cccc(-c6ccccc6)c5)c4c3)cccc2n1-c1cccc(-c2ccccc2)c1. The van der Waals surface area contributed by atoms with Crippen LogP contribution in [0.1, 0.15) is 18.2 Å². The van der Waals surface area contributed by atoms with Crippen LogP contribution < -0.4 is 0 Å². The van der Waals surface area contributed by atoms with Crippen LogP contribution >= 0.6 is 0 Å². The number of aromatic nitrogens is 3. The number of benzene rings is 6. The minimum Gasteiger partial charge on any atom is -0.309 e. The summed E-state index contributed by atoms with van der Waals surface area (Å²) in [4.78, 5) is 4.92. The minimum absolute atomic E-state index is 0.945. The molecule has 0 unspecified atom stereocenters. The largest absolute Gasteiger partial charge is 0.309 e. The smallest absolute Gasteiger partial charge is 0.145 e. The van der Waals surface area contributed by atoms with E-state index in [1.807, 2.05) is 18.3 Å². The van der Waals surface area contributed by atoms with Crippen molar-refractivity contribution in [2.24, 2.45) is 0 Å². The number of rotatable bonds is 7. The molecule has 0 bridgehead atoms. The third-order valence-corrected chi connectivity index (χ3v) is 9.86. The molecule has 0 aliphatic heterocycles. The molecule has 0 amide bonds. The molecule has 0 aliphatic carbocycles. The van der Waals surface area contributed by atoms with Gasteiger partial charge in [0.2, 0.25) is 0 Å². The first-order valence-electron chi connectivity index (χ1n) is 17.4. The fourth-order valence-electron chi connectivity index (χ4n) is 7.63. The molecule has 51 heavy (non-hydrogen) atoms. The first-order chi connectivity index (χ1) is 25.2. The summed E-state index contributed by atoms with van der Waals surface area (Å²) in [6.45, 7) is 6.39. The second-order valence-corrected chi connectivity index (χ2v) is 12.8. The summed E-state index contributed by atoms with van der Waals surface area (Å²) >= 11 is 0. The van der Waals surface area contributed by atoms with Crippen LogP contribution in [-0.4, -0.2) is 14.1 Å². The van der Waals surface area contributed by atoms with E-state index in [4.69, 9.17) is 4.98 Å². The highest BCUT2D eigenvalue weighted by Crippen LogP contribution is 2.41. The lowest BCUT2D eigenvalue weighted by atomic mass is 9.97. The van der Waals surface area contributed by atoms with Crippen molar-refractivity contribution in [1.29, 1.82) is 0 Å². The Morgan fingerprint density at radius 3 is 1.84 bits per heavy atom. The summed E-state index contributed by atoms with van der Waals surface area (Å²) in [5.41, 5.74) is 14.7. The lowest BCUT2D eigenvalue weighted by molar-refractivity contribution is 1.11. The van der Waals surface area contributed by atoms with Gasteiger partial charge in [0.25, 0.3) is 0 Å². The molecule has 9 rings (SSSR count). The second-order valence-electron chi connectivity index (χ2n) is 12.8. The fourth-order valence-corrected chi connectivity index (χ4v) is 7.63. The maximum atomic E-state index is 4.92. The van der Waals surface area contributed by atoms with Crippen molar-refractivity contribution in [2.45, 2.75) is 6.92 Å². The summed E-state index contributed by atoms with van der Waals surface area (Å²) in [5, 5.41) is 3.51. The molecule has 0 fully saturated rings. The van der Waals surface area contributed by atoms with Crippen molar-refractivity contribution in [3.63, 3.8) is 0 Å². The van der Waals surface area contributed by atoms with E-state index in [1.54, 1.807) is 0 Å². The Bertz CT molecular complexity index is 2760. The molecule has 0 atom stereocenters. The van der Waals surface area contributed by atoms with E-state index in [9.17, 15) is 0 Å². The zero-order valence-corrected chi connectivity index (χ0v) is 28.4. The van der Waals surface area contributed by atoms with Crippen molar-refractivity contribution in [3.8, 4) is 44.8 Å². The number of hydrogen-bond donors (Lipinski definition) is 0. The molecule has 3 heteroatoms. The molecule has 6 aromatic carbocycles. The van der Waals surface area contributed by atoms with Crippen LogP contribution in [0.3, 0.4) is 0 Å². The first-order valence-corrected chi connectivity index (χ1v) is 17.4. The highest BCUT2D eigenvalue weighted by molar-refractivity contribution is 6.11. The van der Waals surface area contributed by atoms with Crippen LogP contribution in [-0.2, 0) is 0 Å². The van der Waals surface area contributed by atoms with Gasteiger partial charge in [-0.15, -0.1) is 0 Å². The number of fused-ring (bicyclic) bond motifs is 4. The Morgan fingerprint density at radius 1 is 0.529 bits per heavy atom. The minimum atomic E-state index is 0.945. The van der Waals surface area contributed by atoms with Crippen molar-refractivity contribution in [3.05, 3.63) is 188 Å². The van der Waals surface area contributed by atoms with Gasteiger partial charge in [0.15, 0.2) is 0 Å². The lowest BCUT2D eigenvalue weighted by Crippen LogP contribution is -1.97. The molecule has 0 spiro atoms. The van der Waals surface area contributed by atoms with Gasteiger partial charge in [0.1, 0.15) is 5.65 Å². The summed E-state index contributed by atoms with van der Waals surface area (Å²) in [5.74, 6) is 0. The Balaban J connectivity index is 1.28. The van der Waals surface area contributed by atoms with Crippen LogP contribution in [0.5, 0.6) is 0 Å². The van der Waals surface area contributed by atoms with Gasteiger partial charge in [-0.3, -0.25) is 4.57 Å². The molecule has 0 N–H and O–H groups in total. The normalized spacial score (nSPS) is 11.6. The van der Waals surface area contributed by atoms with Crippen molar-refractivity contribution < 1.29 is 0 Å². The lowest BCUT2D eigenvalue weighted by Gasteiger charge is -2.12. The topological polar surface area (TPSA) is 22.8 Å². The predicted molar refractivity (Wildman–Crippen MR) is 217 cm³/mol. The Kier molecular flexibility index (Phi) is 7.52. The van der Waals surface area contributed by atoms with E-state index >= 15 is 0 Å². The Hall–Kier alpha value is -6.71. The van der Waals surface area contributed by atoms with Gasteiger partial charge < -0.3 is 4.57 Å². The Morgan fingerprint density at radius 2 is 1.18 bits per heavy atom. The highest BCUT2D eigenvalue weighted by Gasteiger charge is 2.20. The van der Waals surface area contributed by atoms with Gasteiger partial charge in [-0.1, -0.05) is 128 Å². The quantitative estimate of drug-likeness (QED) is 0.168. The third-order valence-electron chi connectivity index (χ3n) is 9.86. The second kappa shape index (κ2) is 12.6. The molecule has 242 valence electrons. The average Bonchev–Trinajstić information content (AvgIpc) is 3.71. The van der Waals surface area contributed by atoms with Crippen LogP contribution in [0.15, 0.2) is 177 Å². The van der Waals surface area contributed by atoms with E-state index in [1.165, 1.54) is 38.6 Å². The number of hydrogen-bond acceptors (Lipinski definition) is 1. The first kappa shape index (κ1) is 30.4. The van der Waals surface area contributed by atoms with Gasteiger partial charge in [-0.25, -0.2) is 4.98 Å². The van der Waals surface area contributed by atoms with E-state index in [0.29, 0.717) is 0 Å². The molecule has 0 saturated carbocycles. The number of allylic oxidation sites excluding steroid dienone is 1. The van der Waals surface area contributed by atoms with Crippen LogP contribution in [0.4, 0.5) is 0 Å². The van der Waals surface area contributed by atoms with E-state index in [0.717, 1.165) is 50.3 Å². The molecule has 3 aromatic heterocycles. The number of pyridine rings is 1. The van der Waals surface area contributed by atoms with Crippen LogP contribution in [0.2, 0.25) is 0 Å². The zero-order chi connectivity index (χ0) is 34.3. The molecular formula is C48H35N3. The summed E-state index contributed by atoms with van der Waals surface area (Å²) < 4.78 is 4.66. The molecule has 3 heterocycles. The average molecular weight is 654 g/mol. The monoisotopic (exact) mass is 653 g/mol. The van der Waals surface area contributed by atoms with Crippen molar-refractivity contribution >= 4 is 45.0 Å². The molecule has 0 saturated heterocycles. The molecule has 9 aromatic rings. The Labute approximate surface area is 297 Å².